The third-order valence-electron chi connectivity index (χ3n) is 4.68. The fraction of sp³-hybridized carbons (Fsp3) is 0.524. The first-order chi connectivity index (χ1) is 15.0. The fourth-order valence-corrected chi connectivity index (χ4v) is 5.01. The van der Waals surface area contributed by atoms with Gasteiger partial charge in [0.05, 0.1) is 18.6 Å². The highest BCUT2D eigenvalue weighted by atomic mass is 32.2. The summed E-state index contributed by atoms with van der Waals surface area (Å²) in [6, 6.07) is 3.70. The molecule has 1 aliphatic rings. The van der Waals surface area contributed by atoms with Crippen LogP contribution in [0.4, 0.5) is 8.78 Å². The minimum atomic E-state index is -3.17. The van der Waals surface area contributed by atoms with Gasteiger partial charge in [-0.25, -0.2) is 13.2 Å². The van der Waals surface area contributed by atoms with E-state index in [1.54, 1.807) is 0 Å². The van der Waals surface area contributed by atoms with Crippen LogP contribution >= 0.6 is 0 Å². The van der Waals surface area contributed by atoms with Crippen molar-refractivity contribution < 1.29 is 41.0 Å². The van der Waals surface area contributed by atoms with Crippen LogP contribution in [0, 0.1) is 5.92 Å². The van der Waals surface area contributed by atoms with Crippen LogP contribution in [-0.2, 0) is 24.2 Å². The number of carbonyl (C=O) groups is 2. The molecule has 1 aromatic rings. The quantitative estimate of drug-likeness (QED) is 0.379. The van der Waals surface area contributed by atoms with Gasteiger partial charge in [0.1, 0.15) is 0 Å². The molecule has 0 N–H and O–H groups in total. The Hall–Kier alpha value is -2.69. The molecule has 1 atom stereocenters. The smallest absolute Gasteiger partial charge is 0.387 e. The van der Waals surface area contributed by atoms with Gasteiger partial charge in [0.2, 0.25) is 0 Å². The van der Waals surface area contributed by atoms with E-state index in [0.29, 0.717) is 18.5 Å². The minimum Gasteiger partial charge on any atom is -0.493 e. The summed E-state index contributed by atoms with van der Waals surface area (Å²) in [7, 11) is -1.88. The number of alkyl halides is 2. The fourth-order valence-electron chi connectivity index (χ4n) is 3.28. The molecule has 1 aliphatic heterocycles. The van der Waals surface area contributed by atoms with Crippen LogP contribution < -0.4 is 9.47 Å². The van der Waals surface area contributed by atoms with Crippen LogP contribution in [0.3, 0.4) is 0 Å². The van der Waals surface area contributed by atoms with Crippen LogP contribution in [0.5, 0.6) is 11.5 Å². The van der Waals surface area contributed by atoms with Gasteiger partial charge in [-0.15, -0.1) is 0 Å². The number of benzene rings is 1. The Morgan fingerprint density at radius 3 is 2.53 bits per heavy atom. The van der Waals surface area contributed by atoms with E-state index >= 15 is 0 Å². The number of ether oxygens (including phenoxy) is 3. The molecule has 0 spiro atoms. The number of amides is 1. The molecule has 2 rings (SSSR count). The molecule has 0 radical (unpaired) electrons. The van der Waals surface area contributed by atoms with Crippen molar-refractivity contribution in [2.24, 2.45) is 5.92 Å². The SMILES string of the molecule is COc1cc(/C=C\C(=O)OCC(=O)N(CC(C)C)[C@H]2CCS(=O)(=O)C2)ccc1OC(F)F. The van der Waals surface area contributed by atoms with Crippen LogP contribution in [0.25, 0.3) is 6.08 Å². The van der Waals surface area contributed by atoms with Gasteiger partial charge in [-0.05, 0) is 36.1 Å². The van der Waals surface area contributed by atoms with E-state index in [1.807, 2.05) is 13.8 Å². The summed E-state index contributed by atoms with van der Waals surface area (Å²) >= 11 is 0. The molecule has 0 saturated carbocycles. The van der Waals surface area contributed by atoms with Gasteiger partial charge >= 0.3 is 12.6 Å². The molecule has 1 fully saturated rings. The number of nitrogens with zero attached hydrogens (tertiary/aromatic N) is 1. The van der Waals surface area contributed by atoms with Crippen molar-refractivity contribution in [3.05, 3.63) is 29.8 Å². The molecule has 0 bridgehead atoms. The average Bonchev–Trinajstić information content (AvgIpc) is 3.08. The van der Waals surface area contributed by atoms with E-state index in [9.17, 15) is 26.8 Å². The van der Waals surface area contributed by atoms with E-state index in [1.165, 1.54) is 36.3 Å². The lowest BCUT2D eigenvalue weighted by atomic mass is 10.1. The van der Waals surface area contributed by atoms with Gasteiger partial charge in [0.25, 0.3) is 5.91 Å². The van der Waals surface area contributed by atoms with Crippen LogP contribution in [-0.4, -0.2) is 69.6 Å². The highest BCUT2D eigenvalue weighted by Gasteiger charge is 2.35. The molecule has 8 nitrogen and oxygen atoms in total. The first-order valence-corrected chi connectivity index (χ1v) is 11.8. The number of esters is 1. The second-order valence-electron chi connectivity index (χ2n) is 7.73. The second kappa shape index (κ2) is 11.3. The summed E-state index contributed by atoms with van der Waals surface area (Å²) in [4.78, 5) is 26.1. The zero-order valence-corrected chi connectivity index (χ0v) is 18.9. The van der Waals surface area contributed by atoms with Gasteiger partial charge in [-0.2, -0.15) is 8.78 Å². The normalized spacial score (nSPS) is 17.7. The van der Waals surface area contributed by atoms with Crippen molar-refractivity contribution in [1.29, 1.82) is 0 Å². The van der Waals surface area contributed by atoms with Crippen LogP contribution in [0.1, 0.15) is 25.8 Å². The highest BCUT2D eigenvalue weighted by Crippen LogP contribution is 2.29. The van der Waals surface area contributed by atoms with Crippen molar-refractivity contribution in [1.82, 2.24) is 4.90 Å². The van der Waals surface area contributed by atoms with Crippen molar-refractivity contribution in [3.8, 4) is 11.5 Å². The lowest BCUT2D eigenvalue weighted by Gasteiger charge is -2.29. The summed E-state index contributed by atoms with van der Waals surface area (Å²) in [5.41, 5.74) is 0.462. The van der Waals surface area contributed by atoms with Crippen molar-refractivity contribution in [2.75, 3.05) is 31.8 Å². The summed E-state index contributed by atoms with van der Waals surface area (Å²) < 4.78 is 62.7. The Morgan fingerprint density at radius 2 is 1.97 bits per heavy atom. The van der Waals surface area contributed by atoms with Gasteiger partial charge in [0.15, 0.2) is 27.9 Å². The molecule has 0 aliphatic carbocycles. The number of hydrogen-bond acceptors (Lipinski definition) is 7. The van der Waals surface area contributed by atoms with Crippen molar-refractivity contribution >= 4 is 27.8 Å². The largest absolute Gasteiger partial charge is 0.493 e. The molecule has 1 amide bonds. The zero-order chi connectivity index (χ0) is 23.9. The average molecular weight is 476 g/mol. The Kier molecular flexibility index (Phi) is 8.99. The van der Waals surface area contributed by atoms with Gasteiger partial charge < -0.3 is 19.1 Å². The predicted octanol–water partition coefficient (Wildman–Crippen LogP) is 2.52. The van der Waals surface area contributed by atoms with E-state index in [-0.39, 0.29) is 28.9 Å². The highest BCUT2D eigenvalue weighted by molar-refractivity contribution is 7.91. The van der Waals surface area contributed by atoms with E-state index in [4.69, 9.17) is 9.47 Å². The Bertz CT molecular complexity index is 947. The summed E-state index contributed by atoms with van der Waals surface area (Å²) in [5, 5.41) is 0. The third kappa shape index (κ3) is 7.77. The second-order valence-corrected chi connectivity index (χ2v) is 9.96. The maximum atomic E-state index is 12.6. The first-order valence-electron chi connectivity index (χ1n) is 9.98. The Labute approximate surface area is 186 Å². The molecule has 0 unspecified atom stereocenters. The molecule has 1 saturated heterocycles. The maximum Gasteiger partial charge on any atom is 0.387 e. The lowest BCUT2D eigenvalue weighted by Crippen LogP contribution is -2.45. The number of rotatable bonds is 10. The number of methoxy groups -OCH3 is 1. The summed E-state index contributed by atoms with van der Waals surface area (Å²) in [6.07, 6.45) is 2.82. The molecule has 1 aromatic carbocycles. The number of halogens is 2. The molecular weight excluding hydrogens is 448 g/mol. The zero-order valence-electron chi connectivity index (χ0n) is 18.1. The molecule has 178 valence electrons. The van der Waals surface area contributed by atoms with E-state index < -0.39 is 41.0 Å². The number of hydrogen-bond donors (Lipinski definition) is 0. The summed E-state index contributed by atoms with van der Waals surface area (Å²) in [6.45, 7) is 0.655. The third-order valence-corrected chi connectivity index (χ3v) is 6.44. The van der Waals surface area contributed by atoms with Gasteiger partial charge in [-0.3, -0.25) is 4.79 Å². The molecular formula is C21H27F2NO7S. The minimum absolute atomic E-state index is 0.0344. The molecule has 11 heteroatoms. The lowest BCUT2D eigenvalue weighted by molar-refractivity contribution is -0.149. The monoisotopic (exact) mass is 475 g/mol. The van der Waals surface area contributed by atoms with E-state index in [2.05, 4.69) is 4.74 Å². The van der Waals surface area contributed by atoms with E-state index in [0.717, 1.165) is 6.08 Å². The van der Waals surface area contributed by atoms with Gasteiger partial charge in [0, 0.05) is 18.7 Å². The molecule has 1 heterocycles. The number of carbonyl (C=O) groups excluding carboxylic acids is 2. The Balaban J connectivity index is 1.97. The predicted molar refractivity (Wildman–Crippen MR) is 113 cm³/mol. The van der Waals surface area contributed by atoms with Crippen molar-refractivity contribution in [3.63, 3.8) is 0 Å². The van der Waals surface area contributed by atoms with Gasteiger partial charge in [-0.1, -0.05) is 19.9 Å². The van der Waals surface area contributed by atoms with Crippen molar-refractivity contribution in [2.45, 2.75) is 32.9 Å². The molecule has 0 aromatic heterocycles. The first kappa shape index (κ1) is 25.6. The standard InChI is InChI=1S/C21H27F2NO7S/c1-14(2)11-24(16-8-9-32(27,28)13-16)19(25)12-30-20(26)7-5-15-4-6-17(31-21(22)23)18(10-15)29-3/h4-7,10,14,16,21H,8-9,11-13H2,1-3H3/b7-5-/t16-/m0/s1. The maximum absolute atomic E-state index is 12.6. The Morgan fingerprint density at radius 1 is 1.25 bits per heavy atom. The van der Waals surface area contributed by atoms with Crippen LogP contribution in [0.15, 0.2) is 24.3 Å². The number of sulfone groups is 1. The summed E-state index contributed by atoms with van der Waals surface area (Å²) in [5.74, 6) is -1.27. The topological polar surface area (TPSA) is 99.2 Å². The molecule has 32 heavy (non-hydrogen) atoms. The van der Waals surface area contributed by atoms with Crippen LogP contribution in [0.2, 0.25) is 0 Å².